The predicted octanol–water partition coefficient (Wildman–Crippen LogP) is 1.33. The fourth-order valence-corrected chi connectivity index (χ4v) is 4.64. The van der Waals surface area contributed by atoms with E-state index in [1.165, 1.54) is 6.92 Å². The summed E-state index contributed by atoms with van der Waals surface area (Å²) < 4.78 is 53.8. The van der Waals surface area contributed by atoms with Crippen molar-refractivity contribution >= 4 is 20.2 Å². The molecular formula is C10H20O6S2. The van der Waals surface area contributed by atoms with Gasteiger partial charge in [-0.05, 0) is 32.6 Å². The normalized spacial score (nSPS) is 21.4. The van der Waals surface area contributed by atoms with Crippen LogP contribution in [0, 0.1) is 0 Å². The van der Waals surface area contributed by atoms with Gasteiger partial charge >= 0.3 is 10.4 Å². The Morgan fingerprint density at radius 2 is 1.39 bits per heavy atom. The molecule has 0 atom stereocenters. The molecular weight excluding hydrogens is 280 g/mol. The van der Waals surface area contributed by atoms with Crippen LogP contribution in [0.15, 0.2) is 0 Å². The molecule has 2 aliphatic carbocycles. The second-order valence-corrected chi connectivity index (χ2v) is 8.13. The second kappa shape index (κ2) is 6.31. The largest absolute Gasteiger partial charge is 0.397 e. The highest BCUT2D eigenvalue weighted by atomic mass is 32.3. The van der Waals surface area contributed by atoms with E-state index in [1.54, 1.807) is 0 Å². The zero-order valence-corrected chi connectivity index (χ0v) is 12.0. The molecule has 0 spiro atoms. The van der Waals surface area contributed by atoms with Gasteiger partial charge in [-0.1, -0.05) is 12.8 Å². The summed E-state index contributed by atoms with van der Waals surface area (Å²) in [6.07, 6.45) is 5.96. The molecule has 0 amide bonds. The monoisotopic (exact) mass is 300 g/mol. The molecule has 108 valence electrons. The number of sulfone groups is 1. The molecule has 6 nitrogen and oxygen atoms in total. The van der Waals surface area contributed by atoms with Crippen LogP contribution >= 0.6 is 0 Å². The van der Waals surface area contributed by atoms with E-state index in [9.17, 15) is 16.8 Å². The van der Waals surface area contributed by atoms with E-state index < -0.39 is 20.2 Å². The highest BCUT2D eigenvalue weighted by Crippen LogP contribution is 2.35. The first-order chi connectivity index (χ1) is 8.27. The van der Waals surface area contributed by atoms with Gasteiger partial charge in [0.1, 0.15) is 0 Å². The van der Waals surface area contributed by atoms with Crippen molar-refractivity contribution in [1.29, 1.82) is 0 Å². The third-order valence-electron chi connectivity index (χ3n) is 3.30. The van der Waals surface area contributed by atoms with Gasteiger partial charge in [-0.15, -0.1) is 0 Å². The Hall–Kier alpha value is -0.180. The molecule has 0 aromatic rings. The number of hydrogen-bond acceptors (Lipinski definition) is 5. The van der Waals surface area contributed by atoms with Crippen LogP contribution in [-0.2, 0) is 24.4 Å². The number of rotatable bonds is 4. The van der Waals surface area contributed by atoms with Crippen LogP contribution < -0.4 is 0 Å². The average Bonchev–Trinajstić information content (AvgIpc) is 1.91. The highest BCUT2D eigenvalue weighted by molar-refractivity contribution is 7.92. The lowest BCUT2D eigenvalue weighted by molar-refractivity contribution is 0.283. The van der Waals surface area contributed by atoms with Gasteiger partial charge in [0.05, 0.1) is 17.1 Å². The van der Waals surface area contributed by atoms with Crippen molar-refractivity contribution < 1.29 is 25.6 Å². The highest BCUT2D eigenvalue weighted by Gasteiger charge is 2.39. The van der Waals surface area contributed by atoms with Gasteiger partial charge in [0.15, 0.2) is 9.84 Å². The van der Waals surface area contributed by atoms with Crippen LogP contribution in [0.2, 0.25) is 0 Å². The zero-order valence-electron chi connectivity index (χ0n) is 10.4. The van der Waals surface area contributed by atoms with Crippen LogP contribution in [0.5, 0.6) is 0 Å². The molecule has 0 aliphatic heterocycles. The van der Waals surface area contributed by atoms with E-state index in [0.29, 0.717) is 0 Å². The third kappa shape index (κ3) is 4.49. The summed E-state index contributed by atoms with van der Waals surface area (Å²) in [5.41, 5.74) is 0. The van der Waals surface area contributed by atoms with Crippen molar-refractivity contribution in [3.05, 3.63) is 0 Å². The minimum Gasteiger partial charge on any atom is -0.264 e. The molecule has 2 rings (SSSR count). The molecule has 0 aromatic heterocycles. The maximum Gasteiger partial charge on any atom is 0.397 e. The molecule has 0 heterocycles. The van der Waals surface area contributed by atoms with E-state index in [2.05, 4.69) is 4.18 Å². The molecule has 0 saturated heterocycles. The summed E-state index contributed by atoms with van der Waals surface area (Å²) in [5, 5.41) is 0.0978. The fraction of sp³-hybridized carbons (Fsp3) is 1.00. The van der Waals surface area contributed by atoms with Crippen molar-refractivity contribution in [1.82, 2.24) is 0 Å². The van der Waals surface area contributed by atoms with Crippen molar-refractivity contribution in [2.75, 3.05) is 6.61 Å². The lowest BCUT2D eigenvalue weighted by Gasteiger charge is -2.33. The molecule has 0 radical (unpaired) electrons. The lowest BCUT2D eigenvalue weighted by atomic mass is 9.99. The van der Waals surface area contributed by atoms with Gasteiger partial charge in [-0.2, -0.15) is 8.42 Å². The van der Waals surface area contributed by atoms with Crippen molar-refractivity contribution in [2.24, 2.45) is 0 Å². The first-order valence-corrected chi connectivity index (χ1v) is 9.09. The Balaban J connectivity index is 0.000000203. The molecule has 2 saturated carbocycles. The van der Waals surface area contributed by atoms with Gasteiger partial charge in [-0.25, -0.2) is 12.6 Å². The molecule has 8 heteroatoms. The Morgan fingerprint density at radius 1 is 1.00 bits per heavy atom. The molecule has 2 fully saturated rings. The summed E-state index contributed by atoms with van der Waals surface area (Å²) in [6.45, 7) is 1.44. The lowest BCUT2D eigenvalue weighted by Crippen LogP contribution is -2.39. The minimum atomic E-state index is -4.17. The average molecular weight is 300 g/mol. The van der Waals surface area contributed by atoms with E-state index in [4.69, 9.17) is 4.55 Å². The summed E-state index contributed by atoms with van der Waals surface area (Å²) >= 11 is 0. The smallest absolute Gasteiger partial charge is 0.264 e. The van der Waals surface area contributed by atoms with E-state index in [1.807, 2.05) is 0 Å². The van der Waals surface area contributed by atoms with Crippen molar-refractivity contribution in [2.45, 2.75) is 55.9 Å². The maximum absolute atomic E-state index is 11.6. The molecule has 1 N–H and O–H groups in total. The minimum absolute atomic E-state index is 0.0289. The summed E-state index contributed by atoms with van der Waals surface area (Å²) in [4.78, 5) is 0. The molecule has 0 unspecified atom stereocenters. The Kier molecular flexibility index (Phi) is 5.57. The standard InChI is InChI=1S/C8H14O2S.C2H6O4S/c9-11(10,7-3-1-4-7)8-5-2-6-8;1-2-6-7(3,4)5/h7-8H,1-6H2;2H2,1H3,(H,3,4,5). The quantitative estimate of drug-likeness (QED) is 0.787. The van der Waals surface area contributed by atoms with Crippen LogP contribution in [-0.4, -0.2) is 38.5 Å². The first kappa shape index (κ1) is 15.9. The Morgan fingerprint density at radius 3 is 1.50 bits per heavy atom. The van der Waals surface area contributed by atoms with Crippen molar-refractivity contribution in [3.63, 3.8) is 0 Å². The zero-order chi connectivity index (χ0) is 13.8. The molecule has 18 heavy (non-hydrogen) atoms. The SMILES string of the molecule is CCOS(=O)(=O)O.O=S(=O)(C1CCC1)C1CCC1. The summed E-state index contributed by atoms with van der Waals surface area (Å²) in [5.74, 6) is 0. The first-order valence-electron chi connectivity index (χ1n) is 6.12. The topological polar surface area (TPSA) is 97.7 Å². The molecule has 0 aromatic carbocycles. The molecule has 0 bridgehead atoms. The van der Waals surface area contributed by atoms with Crippen LogP contribution in [0.1, 0.15) is 45.4 Å². The second-order valence-electron chi connectivity index (χ2n) is 4.53. The summed E-state index contributed by atoms with van der Waals surface area (Å²) in [6, 6.07) is 0. The van der Waals surface area contributed by atoms with Crippen molar-refractivity contribution in [3.8, 4) is 0 Å². The Labute approximate surface area is 109 Å². The van der Waals surface area contributed by atoms with Gasteiger partial charge in [0.25, 0.3) is 0 Å². The Bertz CT molecular complexity index is 425. The van der Waals surface area contributed by atoms with Gasteiger partial charge < -0.3 is 0 Å². The molecule has 2 aliphatic rings. The van der Waals surface area contributed by atoms with Gasteiger partial charge in [0.2, 0.25) is 0 Å². The van der Waals surface area contributed by atoms with E-state index in [0.717, 1.165) is 38.5 Å². The maximum atomic E-state index is 11.6. The van der Waals surface area contributed by atoms with Crippen LogP contribution in [0.3, 0.4) is 0 Å². The van der Waals surface area contributed by atoms with E-state index >= 15 is 0 Å². The third-order valence-corrected chi connectivity index (χ3v) is 6.64. The fourth-order valence-electron chi connectivity index (χ4n) is 1.82. The number of hydrogen-bond donors (Lipinski definition) is 1. The summed E-state index contributed by atoms with van der Waals surface area (Å²) in [7, 11) is -6.84. The van der Waals surface area contributed by atoms with E-state index in [-0.39, 0.29) is 17.1 Å². The van der Waals surface area contributed by atoms with Gasteiger partial charge in [0, 0.05) is 0 Å². The predicted molar refractivity (Wildman–Crippen MR) is 67.4 cm³/mol. The van der Waals surface area contributed by atoms with Gasteiger partial charge in [-0.3, -0.25) is 4.55 Å². The van der Waals surface area contributed by atoms with Crippen LogP contribution in [0.4, 0.5) is 0 Å². The van der Waals surface area contributed by atoms with Crippen LogP contribution in [0.25, 0.3) is 0 Å².